The van der Waals surface area contributed by atoms with Gasteiger partial charge in [-0.25, -0.2) is 8.78 Å². The van der Waals surface area contributed by atoms with Crippen LogP contribution in [0, 0.1) is 0 Å². The van der Waals surface area contributed by atoms with Crippen LogP contribution < -0.4 is 0 Å². The molecule has 0 atom stereocenters. The molecular weight excluding hydrogens is 182 g/mol. The van der Waals surface area contributed by atoms with Crippen molar-refractivity contribution < 1.29 is 8.78 Å². The predicted octanol–water partition coefficient (Wildman–Crippen LogP) is 3.78. The first-order valence-electron chi connectivity index (χ1n) is 4.47. The maximum atomic E-state index is 12.3. The number of benzene rings is 2. The van der Waals surface area contributed by atoms with E-state index in [1.807, 2.05) is 12.1 Å². The van der Waals surface area contributed by atoms with Gasteiger partial charge in [-0.3, -0.25) is 0 Å². The summed E-state index contributed by atoms with van der Waals surface area (Å²) in [7, 11) is 0. The minimum atomic E-state index is -0.458. The van der Waals surface area contributed by atoms with E-state index < -0.39 is 13.3 Å². The van der Waals surface area contributed by atoms with Gasteiger partial charge in [0.2, 0.25) is 0 Å². The molecule has 0 saturated heterocycles. The standard InChI is InChI=1S/C12H10F2/c13-7-9-1-3-11-6-10(8-14)2-4-12(11)5-9/h1-6H,7-8H2. The summed E-state index contributed by atoms with van der Waals surface area (Å²) in [6.45, 7) is -0.915. The first kappa shape index (κ1) is 9.13. The summed E-state index contributed by atoms with van der Waals surface area (Å²) in [5.74, 6) is 0. The van der Waals surface area contributed by atoms with Crippen molar-refractivity contribution in [3.8, 4) is 0 Å². The van der Waals surface area contributed by atoms with Crippen LogP contribution in [0.1, 0.15) is 11.1 Å². The van der Waals surface area contributed by atoms with E-state index in [4.69, 9.17) is 0 Å². The summed E-state index contributed by atoms with van der Waals surface area (Å²) in [6.07, 6.45) is 0. The van der Waals surface area contributed by atoms with Crippen LogP contribution in [0.3, 0.4) is 0 Å². The Balaban J connectivity index is 2.57. The third kappa shape index (κ3) is 1.60. The number of fused-ring (bicyclic) bond motifs is 1. The fourth-order valence-corrected chi connectivity index (χ4v) is 1.51. The van der Waals surface area contributed by atoms with Crippen molar-refractivity contribution >= 4 is 10.8 Å². The van der Waals surface area contributed by atoms with Gasteiger partial charge in [0, 0.05) is 0 Å². The van der Waals surface area contributed by atoms with Gasteiger partial charge in [-0.2, -0.15) is 0 Å². The summed E-state index contributed by atoms with van der Waals surface area (Å²) >= 11 is 0. The monoisotopic (exact) mass is 192 g/mol. The average Bonchev–Trinajstić information content (AvgIpc) is 2.27. The zero-order valence-corrected chi connectivity index (χ0v) is 7.63. The summed E-state index contributed by atoms with van der Waals surface area (Å²) < 4.78 is 24.7. The molecule has 0 saturated carbocycles. The lowest BCUT2D eigenvalue weighted by atomic mass is 10.1. The summed E-state index contributed by atoms with van der Waals surface area (Å²) in [6, 6.07) is 10.7. The maximum Gasteiger partial charge on any atom is 0.115 e. The van der Waals surface area contributed by atoms with Crippen LogP contribution in [0.15, 0.2) is 36.4 Å². The highest BCUT2D eigenvalue weighted by Gasteiger charge is 1.98. The predicted molar refractivity (Wildman–Crippen MR) is 53.6 cm³/mol. The molecule has 0 fully saturated rings. The average molecular weight is 192 g/mol. The first-order chi connectivity index (χ1) is 6.83. The van der Waals surface area contributed by atoms with Gasteiger partial charge >= 0.3 is 0 Å². The topological polar surface area (TPSA) is 0 Å². The third-order valence-electron chi connectivity index (χ3n) is 2.28. The van der Waals surface area contributed by atoms with Gasteiger partial charge in [-0.1, -0.05) is 24.3 Å². The quantitative estimate of drug-likeness (QED) is 0.679. The normalized spacial score (nSPS) is 10.7. The molecule has 14 heavy (non-hydrogen) atoms. The maximum absolute atomic E-state index is 12.3. The number of hydrogen-bond acceptors (Lipinski definition) is 0. The van der Waals surface area contributed by atoms with Crippen molar-refractivity contribution in [3.63, 3.8) is 0 Å². The highest BCUT2D eigenvalue weighted by atomic mass is 19.1. The Morgan fingerprint density at radius 3 is 1.50 bits per heavy atom. The molecule has 0 bridgehead atoms. The lowest BCUT2D eigenvalue weighted by molar-refractivity contribution is 0.485. The molecule has 0 aliphatic heterocycles. The van der Waals surface area contributed by atoms with E-state index in [0.717, 1.165) is 10.8 Å². The molecule has 72 valence electrons. The van der Waals surface area contributed by atoms with Gasteiger partial charge in [0.1, 0.15) is 13.3 Å². The molecule has 0 radical (unpaired) electrons. The van der Waals surface area contributed by atoms with Crippen LogP contribution in [-0.4, -0.2) is 0 Å². The molecule has 0 N–H and O–H groups in total. The molecule has 0 aliphatic carbocycles. The van der Waals surface area contributed by atoms with Crippen LogP contribution in [0.2, 0.25) is 0 Å². The SMILES string of the molecule is FCc1ccc2cc(CF)ccc2c1. The Kier molecular flexibility index (Phi) is 2.44. The molecule has 2 rings (SSSR count). The van der Waals surface area contributed by atoms with Crippen molar-refractivity contribution in [1.29, 1.82) is 0 Å². The summed E-state index contributed by atoms with van der Waals surface area (Å²) in [5, 5.41) is 1.91. The van der Waals surface area contributed by atoms with E-state index in [0.29, 0.717) is 11.1 Å². The highest BCUT2D eigenvalue weighted by molar-refractivity contribution is 5.83. The molecule has 0 unspecified atom stereocenters. The Bertz CT molecular complexity index is 406. The second kappa shape index (κ2) is 3.74. The van der Waals surface area contributed by atoms with Gasteiger partial charge in [-0.15, -0.1) is 0 Å². The molecule has 0 aliphatic rings. The Morgan fingerprint density at radius 1 is 0.714 bits per heavy atom. The van der Waals surface area contributed by atoms with E-state index in [9.17, 15) is 8.78 Å². The molecule has 0 aromatic heterocycles. The number of rotatable bonds is 2. The molecular formula is C12H10F2. The van der Waals surface area contributed by atoms with Crippen molar-refractivity contribution in [2.75, 3.05) is 0 Å². The molecule has 2 aromatic rings. The molecule has 0 nitrogen and oxygen atoms in total. The van der Waals surface area contributed by atoms with Gasteiger partial charge < -0.3 is 0 Å². The van der Waals surface area contributed by atoms with E-state index >= 15 is 0 Å². The van der Waals surface area contributed by atoms with Crippen LogP contribution in [0.5, 0.6) is 0 Å². The fraction of sp³-hybridized carbons (Fsp3) is 0.167. The fourth-order valence-electron chi connectivity index (χ4n) is 1.51. The molecule has 2 aromatic carbocycles. The van der Waals surface area contributed by atoms with Gasteiger partial charge in [0.25, 0.3) is 0 Å². The zero-order chi connectivity index (χ0) is 9.97. The van der Waals surface area contributed by atoms with E-state index in [1.165, 1.54) is 0 Å². The summed E-state index contributed by atoms with van der Waals surface area (Å²) in [4.78, 5) is 0. The van der Waals surface area contributed by atoms with Crippen LogP contribution >= 0.6 is 0 Å². The van der Waals surface area contributed by atoms with Crippen LogP contribution in [0.25, 0.3) is 10.8 Å². The van der Waals surface area contributed by atoms with E-state index in [1.54, 1.807) is 24.3 Å². The third-order valence-corrected chi connectivity index (χ3v) is 2.28. The second-order valence-corrected chi connectivity index (χ2v) is 3.28. The minimum absolute atomic E-state index is 0.458. The number of alkyl halides is 2. The lowest BCUT2D eigenvalue weighted by Gasteiger charge is -2.01. The van der Waals surface area contributed by atoms with Gasteiger partial charge in [0.15, 0.2) is 0 Å². The lowest BCUT2D eigenvalue weighted by Crippen LogP contribution is -1.82. The van der Waals surface area contributed by atoms with Crippen molar-refractivity contribution in [2.24, 2.45) is 0 Å². The van der Waals surface area contributed by atoms with E-state index in [-0.39, 0.29) is 0 Å². The van der Waals surface area contributed by atoms with E-state index in [2.05, 4.69) is 0 Å². The highest BCUT2D eigenvalue weighted by Crippen LogP contribution is 2.18. The van der Waals surface area contributed by atoms with Crippen LogP contribution in [0.4, 0.5) is 8.78 Å². The Labute approximate surface area is 81.2 Å². The molecule has 2 heteroatoms. The number of halogens is 2. The zero-order valence-electron chi connectivity index (χ0n) is 7.63. The van der Waals surface area contributed by atoms with Crippen molar-refractivity contribution in [2.45, 2.75) is 13.3 Å². The van der Waals surface area contributed by atoms with Crippen LogP contribution in [-0.2, 0) is 13.3 Å². The molecule has 0 spiro atoms. The van der Waals surface area contributed by atoms with Crippen molar-refractivity contribution in [1.82, 2.24) is 0 Å². The minimum Gasteiger partial charge on any atom is -0.246 e. The second-order valence-electron chi connectivity index (χ2n) is 3.28. The summed E-state index contributed by atoms with van der Waals surface area (Å²) in [5.41, 5.74) is 1.32. The molecule has 0 amide bonds. The van der Waals surface area contributed by atoms with Gasteiger partial charge in [-0.05, 0) is 34.0 Å². The Morgan fingerprint density at radius 2 is 1.14 bits per heavy atom. The first-order valence-corrected chi connectivity index (χ1v) is 4.47. The van der Waals surface area contributed by atoms with Gasteiger partial charge in [0.05, 0.1) is 0 Å². The number of hydrogen-bond donors (Lipinski definition) is 0. The smallest absolute Gasteiger partial charge is 0.115 e. The largest absolute Gasteiger partial charge is 0.246 e. The van der Waals surface area contributed by atoms with Crippen molar-refractivity contribution in [3.05, 3.63) is 47.5 Å². The molecule has 0 heterocycles. The Hall–Kier alpha value is -1.44.